The van der Waals surface area contributed by atoms with Crippen LogP contribution in [0.4, 0.5) is 34.6 Å². The largest absolute Gasteiger partial charge is 0.505 e. The number of aryl methyl sites for hydroxylation is 3. The van der Waals surface area contributed by atoms with Crippen molar-refractivity contribution in [1.82, 2.24) is 58.3 Å². The highest BCUT2D eigenvalue weighted by molar-refractivity contribution is 6.53. The molecule has 0 aliphatic carbocycles. The second kappa shape index (κ2) is 41.2. The molecule has 0 saturated carbocycles. The van der Waals surface area contributed by atoms with Gasteiger partial charge in [0, 0.05) is 128 Å². The number of carbonyl (C=O) groups is 3. The van der Waals surface area contributed by atoms with E-state index < -0.39 is 88.4 Å². The number of hydrogen-bond acceptors (Lipinski definition) is 21. The zero-order valence-corrected chi connectivity index (χ0v) is 83.7. The third-order valence-corrected chi connectivity index (χ3v) is 28.0. The normalized spacial score (nSPS) is 15.0. The number of hydrogen-bond donors (Lipinski definition) is 3. The van der Waals surface area contributed by atoms with E-state index in [2.05, 4.69) is 62.9 Å². The molecule has 3 saturated heterocycles. The molecule has 15 rings (SSSR count). The first kappa shape index (κ1) is 103. The van der Waals surface area contributed by atoms with E-state index >= 15 is 0 Å². The maximum atomic E-state index is 14.8. The summed E-state index contributed by atoms with van der Waals surface area (Å²) in [5, 5.41) is 59.6. The molecule has 0 unspecified atom stereocenters. The number of carbonyl (C=O) groups excluding carboxylic acids is 3. The minimum Gasteiger partial charge on any atom is -0.505 e. The fourth-order valence-corrected chi connectivity index (χ4v) is 20.4. The Labute approximate surface area is 842 Å². The van der Waals surface area contributed by atoms with Gasteiger partial charge in [-0.2, -0.15) is 24.6 Å². The SMILES string of the molecule is C=CC(=O)N1CCN(c2c(C#N)c(=O)n(-c3c(C)ccnc3C(C)C)c3nc(-c4c(Cl)c(O)c(Cl)c(Cl)c4Cl)c(Cl)cc23)C[C@H]1C.C=CC(=O)N1CCN(c2c(C#N)c(=O)n(-c3c(C)ccnc3C(C)C)c3nc(-c4c(Cl)c(O)c(F)c(F)c4Cl)c(Cl)cc23)C[C@H]1C.C=CC(=O)N1CCN(c2c(C#N)c(=O)n(-c3c(C)ccnc3C(C)C)c3nc(-c4c(Cl)c(O)c(F)c(F)c4Cl)c(Cl)cc23)C[C@H]1C. The Kier molecular flexibility index (Phi) is 30.9. The van der Waals surface area contributed by atoms with Crippen LogP contribution in [-0.4, -0.2) is 168 Å². The van der Waals surface area contributed by atoms with Gasteiger partial charge in [0.15, 0.2) is 28.9 Å². The molecule has 0 radical (unpaired) electrons. The molecular formula is C96H81Cl11F4N18O9. The van der Waals surface area contributed by atoms with Gasteiger partial charge in [0.05, 0.1) is 119 Å². The van der Waals surface area contributed by atoms with Crippen molar-refractivity contribution in [1.29, 1.82) is 15.8 Å². The predicted octanol–water partition coefficient (Wildman–Crippen LogP) is 21.8. The number of benzene rings is 3. The van der Waals surface area contributed by atoms with Gasteiger partial charge in [-0.15, -0.1) is 0 Å². The molecule has 0 spiro atoms. The van der Waals surface area contributed by atoms with Crippen molar-refractivity contribution in [3.05, 3.63) is 253 Å². The standard InChI is InChI=1S/C32H27Cl5N6O3.2C32H27Cl3F2N6O3/c3*1-6-20(44)42-10-9-41(13-16(42)5)29-17-11-19(33)27(21-22(34)24(36)25(37)30(45)23(21)35)40-31(17)43(32(46)18(29)12-38)28-15(4)7-8-39-26(28)14(2)3/h3*6-8,11,14,16,45H,1,9-10,13H2,2-5H3/t3*16-/m111/s1. The highest BCUT2D eigenvalue weighted by Gasteiger charge is 2.40. The van der Waals surface area contributed by atoms with E-state index in [9.17, 15) is 77.4 Å². The van der Waals surface area contributed by atoms with Crippen molar-refractivity contribution >= 4 is 195 Å². The number of pyridine rings is 9. The van der Waals surface area contributed by atoms with Gasteiger partial charge in [-0.05, 0) is 131 Å². The summed E-state index contributed by atoms with van der Waals surface area (Å²) in [6.07, 6.45) is 8.57. The number of halogens is 15. The van der Waals surface area contributed by atoms with E-state index in [1.807, 2.05) is 83.9 Å². The molecule has 12 aromatic rings. The van der Waals surface area contributed by atoms with Crippen LogP contribution in [0.3, 0.4) is 0 Å². The van der Waals surface area contributed by atoms with Crippen LogP contribution < -0.4 is 31.4 Å². The maximum Gasteiger partial charge on any atom is 0.276 e. The fourth-order valence-electron chi connectivity index (χ4n) is 17.4. The Hall–Kier alpha value is -12.0. The number of anilines is 3. The minimum atomic E-state index is -1.65. The third kappa shape index (κ3) is 18.2. The predicted molar refractivity (Wildman–Crippen MR) is 533 cm³/mol. The lowest BCUT2D eigenvalue weighted by Crippen LogP contribution is -2.54. The number of amides is 3. The first-order valence-corrected chi connectivity index (χ1v) is 46.5. The number of phenolic OH excluding ortho intramolecular Hbond substituents is 3. The number of nitriles is 3. The van der Waals surface area contributed by atoms with E-state index in [0.717, 1.165) is 0 Å². The Morgan fingerprint density at radius 2 is 0.659 bits per heavy atom. The molecule has 27 nitrogen and oxygen atoms in total. The molecule has 3 aliphatic heterocycles. The zero-order valence-electron chi connectivity index (χ0n) is 75.4. The summed E-state index contributed by atoms with van der Waals surface area (Å²) in [4.78, 5) is 119. The summed E-state index contributed by atoms with van der Waals surface area (Å²) in [5.74, 6) is -10.5. The lowest BCUT2D eigenvalue weighted by Gasteiger charge is -2.41. The van der Waals surface area contributed by atoms with Crippen LogP contribution in [0.2, 0.25) is 55.2 Å². The monoisotopic (exact) mass is 2090 g/mol. The van der Waals surface area contributed by atoms with Gasteiger partial charge < -0.3 is 44.7 Å². The molecule has 42 heteroatoms. The second-order valence-corrected chi connectivity index (χ2v) is 37.8. The van der Waals surface area contributed by atoms with Crippen molar-refractivity contribution in [2.24, 2.45) is 0 Å². The average molecular weight is 2100 g/mol. The number of nitrogens with zero attached hydrogens (tertiary/aromatic N) is 18. The van der Waals surface area contributed by atoms with Gasteiger partial charge >= 0.3 is 0 Å². The number of fused-ring (bicyclic) bond motifs is 3. The number of piperazine rings is 3. The third-order valence-electron chi connectivity index (χ3n) is 24.0. The summed E-state index contributed by atoms with van der Waals surface area (Å²) >= 11 is 71.0. The van der Waals surface area contributed by atoms with Crippen molar-refractivity contribution in [2.75, 3.05) is 73.6 Å². The van der Waals surface area contributed by atoms with Crippen molar-refractivity contribution in [3.8, 4) is 86.3 Å². The van der Waals surface area contributed by atoms with Gasteiger partial charge in [-0.3, -0.25) is 57.4 Å². The van der Waals surface area contributed by atoms with Crippen LogP contribution >= 0.6 is 128 Å². The van der Waals surface area contributed by atoms with Crippen LogP contribution in [0.25, 0.3) is 83.9 Å². The zero-order chi connectivity index (χ0) is 101. The van der Waals surface area contributed by atoms with Gasteiger partial charge in [-0.1, -0.05) is 189 Å². The number of phenols is 3. The first-order valence-electron chi connectivity index (χ1n) is 42.4. The lowest BCUT2D eigenvalue weighted by molar-refractivity contribution is -0.129. The van der Waals surface area contributed by atoms with Gasteiger partial charge in [-0.25, -0.2) is 23.7 Å². The second-order valence-electron chi connectivity index (χ2n) is 33.6. The van der Waals surface area contributed by atoms with Crippen LogP contribution in [0.15, 0.2) is 107 Å². The Morgan fingerprint density at radius 3 is 0.906 bits per heavy atom. The quantitative estimate of drug-likeness (QED) is 0.0371. The molecule has 3 aromatic carbocycles. The van der Waals surface area contributed by atoms with Crippen LogP contribution in [-0.2, 0) is 14.4 Å². The Bertz CT molecular complexity index is 6790. The number of aromatic nitrogens is 9. The minimum absolute atomic E-state index is 0.00390. The lowest BCUT2D eigenvalue weighted by atomic mass is 10.0. The van der Waals surface area contributed by atoms with Crippen molar-refractivity contribution < 1.29 is 47.3 Å². The van der Waals surface area contributed by atoms with E-state index in [-0.39, 0.29) is 206 Å². The van der Waals surface area contributed by atoms with Gasteiger partial charge in [0.2, 0.25) is 29.4 Å². The molecule has 3 amide bonds. The highest BCUT2D eigenvalue weighted by Crippen LogP contribution is 2.54. The Morgan fingerprint density at radius 1 is 0.399 bits per heavy atom. The van der Waals surface area contributed by atoms with E-state index in [0.29, 0.717) is 81.5 Å². The summed E-state index contributed by atoms with van der Waals surface area (Å²) in [6.45, 7) is 35.6. The van der Waals surface area contributed by atoms with Gasteiger partial charge in [0.25, 0.3) is 16.7 Å². The van der Waals surface area contributed by atoms with Crippen LogP contribution in [0.5, 0.6) is 17.2 Å². The molecule has 9 aromatic heterocycles. The van der Waals surface area contributed by atoms with Gasteiger partial charge in [0.1, 0.15) is 56.9 Å². The number of rotatable bonds is 15. The highest BCUT2D eigenvalue weighted by atomic mass is 35.5. The molecule has 3 N–H and O–H groups in total. The Balaban J connectivity index is 0.000000175. The molecule has 3 aliphatic rings. The smallest absolute Gasteiger partial charge is 0.276 e. The molecule has 714 valence electrons. The number of aromatic hydroxyl groups is 3. The molecular weight excluding hydrogens is 2020 g/mol. The van der Waals surface area contributed by atoms with Crippen molar-refractivity contribution in [2.45, 2.75) is 119 Å². The first-order chi connectivity index (χ1) is 65.2. The average Bonchev–Trinajstić information content (AvgIpc) is 0.726. The summed E-state index contributed by atoms with van der Waals surface area (Å²) in [5.41, 5.74) is 1.91. The molecule has 3 atom stereocenters. The summed E-state index contributed by atoms with van der Waals surface area (Å²) in [6, 6.07) is 15.0. The van der Waals surface area contributed by atoms with Crippen LogP contribution in [0.1, 0.15) is 131 Å². The molecule has 12 heterocycles. The fraction of sp³-hybridized carbons (Fsp3) is 0.281. The topological polar surface area (TPSA) is 346 Å². The van der Waals surface area contributed by atoms with Crippen molar-refractivity contribution in [3.63, 3.8) is 0 Å². The van der Waals surface area contributed by atoms with E-state index in [1.54, 1.807) is 71.4 Å². The summed E-state index contributed by atoms with van der Waals surface area (Å²) in [7, 11) is 0. The van der Waals surface area contributed by atoms with E-state index in [1.165, 1.54) is 44.1 Å². The molecule has 138 heavy (non-hydrogen) atoms. The van der Waals surface area contributed by atoms with Crippen LogP contribution in [0, 0.1) is 78.0 Å². The molecule has 3 fully saturated rings. The van der Waals surface area contributed by atoms with E-state index in [4.69, 9.17) is 133 Å². The maximum absolute atomic E-state index is 14.8. The summed E-state index contributed by atoms with van der Waals surface area (Å²) < 4.78 is 62.0. The molecule has 0 bridgehead atoms.